The number of ether oxygens (including phenoxy) is 1. The largest absolute Gasteiger partial charge is 0.497 e. The number of methoxy groups -OCH3 is 1. The smallest absolute Gasteiger partial charge is 0.318 e. The molecule has 0 spiro atoms. The topological polar surface area (TPSA) is 83.8 Å². The molecule has 33 heavy (non-hydrogen) atoms. The molecule has 4 rings (SSSR count). The van der Waals surface area contributed by atoms with E-state index in [0.717, 1.165) is 29.7 Å². The molecule has 0 aliphatic heterocycles. The number of furan rings is 1. The minimum atomic E-state index is -0.315. The van der Waals surface area contributed by atoms with Gasteiger partial charge in [-0.1, -0.05) is 24.3 Å². The molecule has 2 aromatic carbocycles. The lowest BCUT2D eigenvalue weighted by molar-refractivity contribution is 0.0996. The molecule has 3 aromatic rings. The zero-order valence-electron chi connectivity index (χ0n) is 18.9. The van der Waals surface area contributed by atoms with Crippen molar-refractivity contribution in [3.63, 3.8) is 0 Å². The Hall–Kier alpha value is -3.74. The van der Waals surface area contributed by atoms with Crippen LogP contribution in [0.1, 0.15) is 41.4 Å². The van der Waals surface area contributed by atoms with Crippen molar-refractivity contribution in [2.75, 3.05) is 12.4 Å². The van der Waals surface area contributed by atoms with Crippen molar-refractivity contribution in [1.82, 2.24) is 10.2 Å². The van der Waals surface area contributed by atoms with Crippen molar-refractivity contribution in [2.45, 2.75) is 38.9 Å². The summed E-state index contributed by atoms with van der Waals surface area (Å²) in [6.45, 7) is 3.01. The van der Waals surface area contributed by atoms with E-state index in [1.54, 1.807) is 25.3 Å². The first-order valence-corrected chi connectivity index (χ1v) is 11.1. The highest BCUT2D eigenvalue weighted by Gasteiger charge is 2.34. The van der Waals surface area contributed by atoms with Crippen molar-refractivity contribution < 1.29 is 18.7 Å². The fraction of sp³-hybridized carbons (Fsp3) is 0.308. The van der Waals surface area contributed by atoms with Crippen LogP contribution in [0.15, 0.2) is 71.3 Å². The number of hydrogen-bond donors (Lipinski definition) is 2. The zero-order chi connectivity index (χ0) is 23.2. The van der Waals surface area contributed by atoms with Gasteiger partial charge in [0.25, 0.3) is 5.91 Å². The molecule has 7 heteroatoms. The second-order valence-electron chi connectivity index (χ2n) is 8.34. The Morgan fingerprint density at radius 3 is 2.55 bits per heavy atom. The van der Waals surface area contributed by atoms with Crippen molar-refractivity contribution in [3.05, 3.63) is 83.8 Å². The van der Waals surface area contributed by atoms with E-state index in [0.29, 0.717) is 24.7 Å². The fourth-order valence-electron chi connectivity index (χ4n) is 3.80. The quantitative estimate of drug-likeness (QED) is 0.481. The molecule has 1 unspecified atom stereocenters. The average Bonchev–Trinajstić information content (AvgIpc) is 3.54. The van der Waals surface area contributed by atoms with Crippen LogP contribution in [0.5, 0.6) is 5.75 Å². The number of carbonyl (C=O) groups is 2. The van der Waals surface area contributed by atoms with Gasteiger partial charge in [0.05, 0.1) is 13.4 Å². The standard InChI is InChI=1S/C26H29N3O4/c1-18(21-10-11-21)29(17-19-8-12-23(32-2)13-9-19)26(31)27-16-20-5-3-6-22(15-20)28-25(30)24-7-4-14-33-24/h3-9,12-15,18,21H,10-11,16-17H2,1-2H3,(H,27,31)(H,28,30). The minimum absolute atomic E-state index is 0.102. The highest BCUT2D eigenvalue weighted by molar-refractivity contribution is 6.02. The molecule has 0 bridgehead atoms. The summed E-state index contributed by atoms with van der Waals surface area (Å²) in [7, 11) is 1.64. The summed E-state index contributed by atoms with van der Waals surface area (Å²) in [4.78, 5) is 27.3. The lowest BCUT2D eigenvalue weighted by atomic mass is 10.1. The fourth-order valence-corrected chi connectivity index (χ4v) is 3.80. The Bertz CT molecular complexity index is 1080. The number of rotatable bonds is 9. The molecular weight excluding hydrogens is 418 g/mol. The Morgan fingerprint density at radius 2 is 1.88 bits per heavy atom. The molecule has 172 valence electrons. The van der Waals surface area contributed by atoms with Crippen LogP contribution in [0.25, 0.3) is 0 Å². The van der Waals surface area contributed by atoms with Gasteiger partial charge in [-0.3, -0.25) is 4.79 Å². The number of benzene rings is 2. The lowest BCUT2D eigenvalue weighted by Crippen LogP contribution is -2.45. The molecule has 1 fully saturated rings. The first-order chi connectivity index (χ1) is 16.0. The van der Waals surface area contributed by atoms with Gasteiger partial charge in [-0.2, -0.15) is 0 Å². The van der Waals surface area contributed by atoms with Gasteiger partial charge in [0, 0.05) is 24.8 Å². The summed E-state index contributed by atoms with van der Waals surface area (Å²) in [6.07, 6.45) is 3.77. The van der Waals surface area contributed by atoms with Crippen molar-refractivity contribution in [3.8, 4) is 5.75 Å². The molecule has 1 atom stereocenters. The summed E-state index contributed by atoms with van der Waals surface area (Å²) in [6, 6.07) is 18.6. The predicted molar refractivity (Wildman–Crippen MR) is 126 cm³/mol. The van der Waals surface area contributed by atoms with Crippen LogP contribution in [0.4, 0.5) is 10.5 Å². The minimum Gasteiger partial charge on any atom is -0.497 e. The highest BCUT2D eigenvalue weighted by atomic mass is 16.5. The van der Waals surface area contributed by atoms with Gasteiger partial charge in [0.15, 0.2) is 5.76 Å². The summed E-state index contributed by atoms with van der Waals surface area (Å²) in [5.74, 6) is 1.28. The number of nitrogens with one attached hydrogen (secondary N) is 2. The molecule has 0 radical (unpaired) electrons. The molecule has 2 N–H and O–H groups in total. The Labute approximate surface area is 193 Å². The molecule has 1 saturated carbocycles. The van der Waals surface area contributed by atoms with Gasteiger partial charge < -0.3 is 24.7 Å². The van der Waals surface area contributed by atoms with Gasteiger partial charge in [-0.25, -0.2) is 4.79 Å². The molecule has 0 saturated heterocycles. The molecular formula is C26H29N3O4. The molecule has 1 aliphatic rings. The molecule has 3 amide bonds. The van der Waals surface area contributed by atoms with Crippen LogP contribution in [0.3, 0.4) is 0 Å². The monoisotopic (exact) mass is 447 g/mol. The number of anilines is 1. The van der Waals surface area contributed by atoms with E-state index >= 15 is 0 Å². The van der Waals surface area contributed by atoms with Crippen LogP contribution in [-0.2, 0) is 13.1 Å². The second kappa shape index (κ2) is 10.3. The van der Waals surface area contributed by atoms with E-state index in [1.807, 2.05) is 47.4 Å². The Balaban J connectivity index is 1.38. The van der Waals surface area contributed by atoms with E-state index in [-0.39, 0.29) is 23.7 Å². The third-order valence-electron chi connectivity index (χ3n) is 5.94. The maximum absolute atomic E-state index is 13.1. The van der Waals surface area contributed by atoms with Gasteiger partial charge in [-0.05, 0) is 73.2 Å². The number of amides is 3. The molecule has 1 aromatic heterocycles. The van der Waals surface area contributed by atoms with Gasteiger partial charge in [0.2, 0.25) is 0 Å². The first kappa shape index (κ1) is 22.5. The van der Waals surface area contributed by atoms with Crippen LogP contribution in [0.2, 0.25) is 0 Å². The number of nitrogens with zero attached hydrogens (tertiary/aromatic N) is 1. The second-order valence-corrected chi connectivity index (χ2v) is 8.34. The van der Waals surface area contributed by atoms with Crippen molar-refractivity contribution in [1.29, 1.82) is 0 Å². The Morgan fingerprint density at radius 1 is 1.09 bits per heavy atom. The summed E-state index contributed by atoms with van der Waals surface area (Å²) in [5.41, 5.74) is 2.59. The van der Waals surface area contributed by atoms with E-state index in [4.69, 9.17) is 9.15 Å². The first-order valence-electron chi connectivity index (χ1n) is 11.1. The molecule has 1 aliphatic carbocycles. The van der Waals surface area contributed by atoms with Crippen LogP contribution in [-0.4, -0.2) is 30.0 Å². The van der Waals surface area contributed by atoms with Gasteiger partial charge in [0.1, 0.15) is 5.75 Å². The van der Waals surface area contributed by atoms with Gasteiger partial charge >= 0.3 is 6.03 Å². The summed E-state index contributed by atoms with van der Waals surface area (Å²) >= 11 is 0. The van der Waals surface area contributed by atoms with E-state index in [2.05, 4.69) is 17.6 Å². The third-order valence-corrected chi connectivity index (χ3v) is 5.94. The number of urea groups is 1. The van der Waals surface area contributed by atoms with Crippen molar-refractivity contribution >= 4 is 17.6 Å². The summed E-state index contributed by atoms with van der Waals surface area (Å²) < 4.78 is 10.4. The van der Waals surface area contributed by atoms with Gasteiger partial charge in [-0.15, -0.1) is 0 Å². The number of hydrogen-bond acceptors (Lipinski definition) is 4. The van der Waals surface area contributed by atoms with E-state index in [9.17, 15) is 9.59 Å². The predicted octanol–water partition coefficient (Wildman–Crippen LogP) is 5.05. The molecule has 1 heterocycles. The average molecular weight is 448 g/mol. The van der Waals surface area contributed by atoms with Crippen molar-refractivity contribution in [2.24, 2.45) is 5.92 Å². The highest BCUT2D eigenvalue weighted by Crippen LogP contribution is 2.35. The maximum Gasteiger partial charge on any atom is 0.318 e. The third kappa shape index (κ3) is 5.94. The SMILES string of the molecule is COc1ccc(CN(C(=O)NCc2cccc(NC(=O)c3ccco3)c2)C(C)C2CC2)cc1. The summed E-state index contributed by atoms with van der Waals surface area (Å²) in [5, 5.41) is 5.86. The number of carbonyl (C=O) groups excluding carboxylic acids is 2. The molecule has 7 nitrogen and oxygen atoms in total. The lowest BCUT2D eigenvalue weighted by Gasteiger charge is -2.30. The van der Waals surface area contributed by atoms with E-state index in [1.165, 1.54) is 6.26 Å². The van der Waals surface area contributed by atoms with Crippen LogP contribution in [0, 0.1) is 5.92 Å². The van der Waals surface area contributed by atoms with E-state index < -0.39 is 0 Å². The van der Waals surface area contributed by atoms with Crippen LogP contribution < -0.4 is 15.4 Å². The normalized spacial score (nSPS) is 13.8. The Kier molecular flexibility index (Phi) is 6.98. The maximum atomic E-state index is 13.1. The zero-order valence-corrected chi connectivity index (χ0v) is 18.9. The van der Waals surface area contributed by atoms with Crippen LogP contribution >= 0.6 is 0 Å².